The SMILES string of the molecule is CCC1CN(c2cccc(CO)c2)C1. The third-order valence-corrected chi connectivity index (χ3v) is 2.99. The van der Waals surface area contributed by atoms with Crippen molar-refractivity contribution in [2.24, 2.45) is 5.92 Å². The van der Waals surface area contributed by atoms with Crippen LogP contribution in [0.5, 0.6) is 0 Å². The topological polar surface area (TPSA) is 23.5 Å². The third-order valence-electron chi connectivity index (χ3n) is 2.99. The molecule has 2 rings (SSSR count). The van der Waals surface area contributed by atoms with Crippen LogP contribution in [-0.2, 0) is 6.61 Å². The first kappa shape index (κ1) is 9.53. The van der Waals surface area contributed by atoms with Crippen molar-refractivity contribution in [1.29, 1.82) is 0 Å². The van der Waals surface area contributed by atoms with Crippen LogP contribution in [0.3, 0.4) is 0 Å². The lowest BCUT2D eigenvalue weighted by Crippen LogP contribution is -2.46. The molecule has 1 N–H and O–H groups in total. The molecule has 2 nitrogen and oxygen atoms in total. The van der Waals surface area contributed by atoms with E-state index in [0.717, 1.165) is 11.5 Å². The normalized spacial score (nSPS) is 16.9. The van der Waals surface area contributed by atoms with Gasteiger partial charge in [-0.25, -0.2) is 0 Å². The standard InChI is InChI=1S/C12H17NO/c1-2-10-7-13(8-10)12-5-3-4-11(6-12)9-14/h3-6,10,14H,2,7-9H2,1H3. The molecule has 0 aromatic heterocycles. The molecule has 1 saturated heterocycles. The van der Waals surface area contributed by atoms with E-state index in [1.165, 1.54) is 25.2 Å². The zero-order valence-corrected chi connectivity index (χ0v) is 8.61. The Morgan fingerprint density at radius 1 is 1.43 bits per heavy atom. The largest absolute Gasteiger partial charge is 0.392 e. The fourth-order valence-corrected chi connectivity index (χ4v) is 1.89. The third kappa shape index (κ3) is 1.75. The van der Waals surface area contributed by atoms with E-state index in [4.69, 9.17) is 5.11 Å². The van der Waals surface area contributed by atoms with Gasteiger partial charge in [0.05, 0.1) is 6.61 Å². The minimum atomic E-state index is 0.138. The van der Waals surface area contributed by atoms with Gasteiger partial charge < -0.3 is 10.0 Å². The van der Waals surface area contributed by atoms with Gasteiger partial charge in [-0.3, -0.25) is 0 Å². The first-order chi connectivity index (χ1) is 6.83. The zero-order valence-electron chi connectivity index (χ0n) is 8.61. The number of rotatable bonds is 3. The van der Waals surface area contributed by atoms with Gasteiger partial charge in [0.1, 0.15) is 0 Å². The second kappa shape index (κ2) is 4.01. The zero-order chi connectivity index (χ0) is 9.97. The van der Waals surface area contributed by atoms with Crippen molar-refractivity contribution in [3.63, 3.8) is 0 Å². The van der Waals surface area contributed by atoms with Crippen molar-refractivity contribution >= 4 is 5.69 Å². The number of nitrogens with zero attached hydrogens (tertiary/aromatic N) is 1. The maximum absolute atomic E-state index is 9.01. The van der Waals surface area contributed by atoms with Crippen LogP contribution in [0.2, 0.25) is 0 Å². The summed E-state index contributed by atoms with van der Waals surface area (Å²) in [5, 5.41) is 9.01. The monoisotopic (exact) mass is 191 g/mol. The first-order valence-corrected chi connectivity index (χ1v) is 5.28. The lowest BCUT2D eigenvalue weighted by atomic mass is 9.96. The van der Waals surface area contributed by atoms with Gasteiger partial charge in [0.25, 0.3) is 0 Å². The molecule has 1 aromatic rings. The molecule has 0 spiro atoms. The summed E-state index contributed by atoms with van der Waals surface area (Å²) in [5.74, 6) is 0.868. The molecular formula is C12H17NO. The van der Waals surface area contributed by atoms with E-state index in [-0.39, 0.29) is 6.61 Å². The minimum absolute atomic E-state index is 0.138. The molecule has 76 valence electrons. The Balaban J connectivity index is 2.03. The van der Waals surface area contributed by atoms with Crippen LogP contribution in [-0.4, -0.2) is 18.2 Å². The predicted octanol–water partition coefficient (Wildman–Crippen LogP) is 2.03. The summed E-state index contributed by atoms with van der Waals surface area (Å²) in [6.07, 6.45) is 1.27. The van der Waals surface area contributed by atoms with Gasteiger partial charge in [0.15, 0.2) is 0 Å². The molecule has 1 heterocycles. The van der Waals surface area contributed by atoms with Gasteiger partial charge in [0, 0.05) is 18.8 Å². The second-order valence-corrected chi connectivity index (χ2v) is 4.01. The fourth-order valence-electron chi connectivity index (χ4n) is 1.89. The van der Waals surface area contributed by atoms with Crippen LogP contribution in [0.4, 0.5) is 5.69 Å². The van der Waals surface area contributed by atoms with Crippen LogP contribution in [0.15, 0.2) is 24.3 Å². The van der Waals surface area contributed by atoms with Gasteiger partial charge in [-0.1, -0.05) is 19.1 Å². The maximum Gasteiger partial charge on any atom is 0.0682 e. The molecule has 2 heteroatoms. The van der Waals surface area contributed by atoms with Crippen LogP contribution < -0.4 is 4.90 Å². The summed E-state index contributed by atoms with van der Waals surface area (Å²) < 4.78 is 0. The van der Waals surface area contributed by atoms with E-state index >= 15 is 0 Å². The molecule has 1 fully saturated rings. The highest BCUT2D eigenvalue weighted by Gasteiger charge is 2.24. The highest BCUT2D eigenvalue weighted by molar-refractivity contribution is 5.50. The van der Waals surface area contributed by atoms with Crippen molar-refractivity contribution in [2.45, 2.75) is 20.0 Å². The van der Waals surface area contributed by atoms with E-state index < -0.39 is 0 Å². The lowest BCUT2D eigenvalue weighted by Gasteiger charge is -2.40. The number of aliphatic hydroxyl groups is 1. The minimum Gasteiger partial charge on any atom is -0.392 e. The second-order valence-electron chi connectivity index (χ2n) is 4.01. The van der Waals surface area contributed by atoms with Gasteiger partial charge in [-0.15, -0.1) is 0 Å². The molecule has 14 heavy (non-hydrogen) atoms. The van der Waals surface area contributed by atoms with E-state index in [2.05, 4.69) is 24.0 Å². The van der Waals surface area contributed by atoms with E-state index in [0.29, 0.717) is 0 Å². The van der Waals surface area contributed by atoms with E-state index in [1.807, 2.05) is 12.1 Å². The van der Waals surface area contributed by atoms with Crippen LogP contribution in [0.1, 0.15) is 18.9 Å². The summed E-state index contributed by atoms with van der Waals surface area (Å²) in [4.78, 5) is 2.37. The molecule has 0 radical (unpaired) electrons. The van der Waals surface area contributed by atoms with Crippen LogP contribution >= 0.6 is 0 Å². The van der Waals surface area contributed by atoms with Gasteiger partial charge in [-0.2, -0.15) is 0 Å². The molecule has 0 aliphatic carbocycles. The number of anilines is 1. The first-order valence-electron chi connectivity index (χ1n) is 5.28. The molecule has 0 unspecified atom stereocenters. The molecule has 0 amide bonds. The Morgan fingerprint density at radius 3 is 2.86 bits per heavy atom. The van der Waals surface area contributed by atoms with Crippen LogP contribution in [0.25, 0.3) is 0 Å². The molecule has 0 atom stereocenters. The van der Waals surface area contributed by atoms with Crippen LogP contribution in [0, 0.1) is 5.92 Å². The summed E-state index contributed by atoms with van der Waals surface area (Å²) >= 11 is 0. The molecule has 1 aliphatic rings. The summed E-state index contributed by atoms with van der Waals surface area (Å²) in [7, 11) is 0. The molecule has 0 bridgehead atoms. The van der Waals surface area contributed by atoms with E-state index in [9.17, 15) is 0 Å². The molecule has 0 saturated carbocycles. The molecule has 1 aliphatic heterocycles. The van der Waals surface area contributed by atoms with Crippen molar-refractivity contribution in [2.75, 3.05) is 18.0 Å². The quantitative estimate of drug-likeness (QED) is 0.790. The average Bonchev–Trinajstić information content (AvgIpc) is 2.17. The number of benzene rings is 1. The summed E-state index contributed by atoms with van der Waals surface area (Å²) in [6, 6.07) is 8.16. The number of aliphatic hydroxyl groups excluding tert-OH is 1. The van der Waals surface area contributed by atoms with Gasteiger partial charge in [-0.05, 0) is 30.0 Å². The number of hydrogen-bond acceptors (Lipinski definition) is 2. The molecule has 1 aromatic carbocycles. The smallest absolute Gasteiger partial charge is 0.0682 e. The Morgan fingerprint density at radius 2 is 2.21 bits per heavy atom. The Bertz CT molecular complexity index is 305. The summed E-state index contributed by atoms with van der Waals surface area (Å²) in [6.45, 7) is 4.72. The highest BCUT2D eigenvalue weighted by Crippen LogP contribution is 2.26. The van der Waals surface area contributed by atoms with Crippen molar-refractivity contribution in [3.05, 3.63) is 29.8 Å². The average molecular weight is 191 g/mol. The Kier molecular flexibility index (Phi) is 2.73. The van der Waals surface area contributed by atoms with E-state index in [1.54, 1.807) is 0 Å². The lowest BCUT2D eigenvalue weighted by molar-refractivity contribution is 0.281. The van der Waals surface area contributed by atoms with Gasteiger partial charge >= 0.3 is 0 Å². The maximum atomic E-state index is 9.01. The Labute approximate surface area is 85.2 Å². The van der Waals surface area contributed by atoms with Crippen molar-refractivity contribution < 1.29 is 5.11 Å². The number of hydrogen-bond donors (Lipinski definition) is 1. The summed E-state index contributed by atoms with van der Waals surface area (Å²) in [5.41, 5.74) is 2.25. The van der Waals surface area contributed by atoms with Crippen molar-refractivity contribution in [3.8, 4) is 0 Å². The molecular weight excluding hydrogens is 174 g/mol. The Hall–Kier alpha value is -1.02. The predicted molar refractivity (Wildman–Crippen MR) is 58.4 cm³/mol. The van der Waals surface area contributed by atoms with Crippen molar-refractivity contribution in [1.82, 2.24) is 0 Å². The van der Waals surface area contributed by atoms with Gasteiger partial charge in [0.2, 0.25) is 0 Å². The fraction of sp³-hybridized carbons (Fsp3) is 0.500. The highest BCUT2D eigenvalue weighted by atomic mass is 16.3.